The molecule has 6 nitrogen and oxygen atoms in total. The highest BCUT2D eigenvalue weighted by Crippen LogP contribution is 2.30. The van der Waals surface area contributed by atoms with E-state index in [9.17, 15) is 9.90 Å². The predicted molar refractivity (Wildman–Crippen MR) is 94.8 cm³/mol. The average molecular weight is 341 g/mol. The third-order valence-electron chi connectivity index (χ3n) is 5.11. The second kappa shape index (κ2) is 6.70. The third kappa shape index (κ3) is 3.29. The van der Waals surface area contributed by atoms with Crippen LogP contribution in [0.4, 0.5) is 10.5 Å². The molecule has 4 rings (SSSR count). The van der Waals surface area contributed by atoms with E-state index >= 15 is 0 Å². The molecule has 1 saturated heterocycles. The van der Waals surface area contributed by atoms with E-state index in [-0.39, 0.29) is 17.8 Å². The fraction of sp³-hybridized carbons (Fsp3) is 0.421. The van der Waals surface area contributed by atoms with Crippen LogP contribution in [0, 0.1) is 0 Å². The molecule has 2 heterocycles. The smallest absolute Gasteiger partial charge is 0.318 e. The van der Waals surface area contributed by atoms with Gasteiger partial charge in [-0.05, 0) is 31.0 Å². The maximum Gasteiger partial charge on any atom is 0.318 e. The number of rotatable bonds is 2. The predicted octanol–water partition coefficient (Wildman–Crippen LogP) is 2.89. The molecule has 1 unspecified atom stereocenters. The Balaban J connectivity index is 1.35. The van der Waals surface area contributed by atoms with Crippen LogP contribution in [0.25, 0.3) is 0 Å². The Hall–Kier alpha value is -2.63. The topological polar surface area (TPSA) is 69.0 Å². The van der Waals surface area contributed by atoms with E-state index in [0.717, 1.165) is 49.4 Å². The van der Waals surface area contributed by atoms with E-state index in [1.54, 1.807) is 18.4 Å². The first kappa shape index (κ1) is 15.9. The summed E-state index contributed by atoms with van der Waals surface area (Å²) in [7, 11) is 0. The number of phenolic OH excluding ortho intramolecular Hbond substituents is 1. The molecule has 2 aromatic rings. The van der Waals surface area contributed by atoms with Crippen molar-refractivity contribution in [2.24, 2.45) is 0 Å². The van der Waals surface area contributed by atoms with Crippen molar-refractivity contribution in [2.75, 3.05) is 31.1 Å². The Bertz CT molecular complexity index is 750. The monoisotopic (exact) mass is 341 g/mol. The molecule has 25 heavy (non-hydrogen) atoms. The van der Waals surface area contributed by atoms with E-state index in [1.807, 2.05) is 23.1 Å². The molecular formula is C19H23N3O3. The standard InChI is InChI=1S/C19H23N3O3/c23-15-4-1-3-14(13-15)21-8-10-22(11-9-21)19(24)20-17-5-2-6-18-16(17)7-12-25-18/h1,3-4,7,12-13,17,23H,2,5-6,8-11H2,(H,20,24). The van der Waals surface area contributed by atoms with Crippen molar-refractivity contribution in [1.29, 1.82) is 0 Å². The summed E-state index contributed by atoms with van der Waals surface area (Å²) >= 11 is 0. The van der Waals surface area contributed by atoms with Gasteiger partial charge in [0.2, 0.25) is 0 Å². The first-order chi connectivity index (χ1) is 12.2. The summed E-state index contributed by atoms with van der Waals surface area (Å²) in [6.45, 7) is 2.87. The second-order valence-electron chi connectivity index (χ2n) is 6.69. The second-order valence-corrected chi connectivity index (χ2v) is 6.69. The fourth-order valence-corrected chi connectivity index (χ4v) is 3.73. The quantitative estimate of drug-likeness (QED) is 0.881. The van der Waals surface area contributed by atoms with Gasteiger partial charge in [-0.25, -0.2) is 4.79 Å². The first-order valence-electron chi connectivity index (χ1n) is 8.86. The van der Waals surface area contributed by atoms with Gasteiger partial charge < -0.3 is 24.6 Å². The number of furan rings is 1. The number of nitrogens with one attached hydrogen (secondary N) is 1. The molecule has 2 N–H and O–H groups in total. The molecule has 1 aliphatic heterocycles. The Labute approximate surface area is 147 Å². The molecule has 132 valence electrons. The Kier molecular flexibility index (Phi) is 4.26. The molecule has 1 aliphatic carbocycles. The minimum atomic E-state index is -0.00499. The molecule has 1 aromatic carbocycles. The first-order valence-corrected chi connectivity index (χ1v) is 8.86. The molecule has 0 bridgehead atoms. The lowest BCUT2D eigenvalue weighted by Gasteiger charge is -2.37. The van der Waals surface area contributed by atoms with Crippen LogP contribution in [-0.2, 0) is 6.42 Å². The van der Waals surface area contributed by atoms with Gasteiger partial charge in [0.15, 0.2) is 0 Å². The summed E-state index contributed by atoms with van der Waals surface area (Å²) in [5.41, 5.74) is 2.12. The highest BCUT2D eigenvalue weighted by Gasteiger charge is 2.27. The number of hydrogen-bond acceptors (Lipinski definition) is 4. The zero-order valence-corrected chi connectivity index (χ0v) is 14.1. The van der Waals surface area contributed by atoms with Crippen LogP contribution in [0.15, 0.2) is 41.0 Å². The molecule has 0 spiro atoms. The summed E-state index contributed by atoms with van der Waals surface area (Å²) in [6.07, 6.45) is 4.67. The Morgan fingerprint density at radius 2 is 2.04 bits per heavy atom. The molecule has 6 heteroatoms. The minimum Gasteiger partial charge on any atom is -0.508 e. The van der Waals surface area contributed by atoms with E-state index in [2.05, 4.69) is 10.2 Å². The number of piperazine rings is 1. The van der Waals surface area contributed by atoms with E-state index in [4.69, 9.17) is 4.42 Å². The van der Waals surface area contributed by atoms with Gasteiger partial charge in [-0.2, -0.15) is 0 Å². The van der Waals surface area contributed by atoms with Gasteiger partial charge in [0.1, 0.15) is 11.5 Å². The SMILES string of the molecule is O=C(NC1CCCc2occc21)N1CCN(c2cccc(O)c2)CC1. The zero-order chi connectivity index (χ0) is 17.2. The molecule has 0 saturated carbocycles. The fourth-order valence-electron chi connectivity index (χ4n) is 3.73. The summed E-state index contributed by atoms with van der Waals surface area (Å²) in [5.74, 6) is 1.27. The Morgan fingerprint density at radius 1 is 1.20 bits per heavy atom. The van der Waals surface area contributed by atoms with Gasteiger partial charge in [0, 0.05) is 49.9 Å². The van der Waals surface area contributed by atoms with Gasteiger partial charge in [0.05, 0.1) is 12.3 Å². The van der Waals surface area contributed by atoms with Crippen molar-refractivity contribution >= 4 is 11.7 Å². The van der Waals surface area contributed by atoms with Gasteiger partial charge in [0.25, 0.3) is 0 Å². The highest BCUT2D eigenvalue weighted by molar-refractivity contribution is 5.75. The van der Waals surface area contributed by atoms with Crippen LogP contribution >= 0.6 is 0 Å². The number of aromatic hydroxyl groups is 1. The Morgan fingerprint density at radius 3 is 2.84 bits per heavy atom. The number of aryl methyl sites for hydroxylation is 1. The highest BCUT2D eigenvalue weighted by atomic mass is 16.3. The number of benzene rings is 1. The molecule has 1 atom stereocenters. The van der Waals surface area contributed by atoms with Crippen LogP contribution in [0.2, 0.25) is 0 Å². The van der Waals surface area contributed by atoms with Crippen LogP contribution in [0.1, 0.15) is 30.2 Å². The van der Waals surface area contributed by atoms with Crippen LogP contribution in [-0.4, -0.2) is 42.2 Å². The molecule has 0 radical (unpaired) electrons. The molecular weight excluding hydrogens is 318 g/mol. The third-order valence-corrected chi connectivity index (χ3v) is 5.11. The lowest BCUT2D eigenvalue weighted by Crippen LogP contribution is -2.52. The number of phenols is 1. The van der Waals surface area contributed by atoms with Gasteiger partial charge in [-0.3, -0.25) is 0 Å². The maximum absolute atomic E-state index is 12.6. The maximum atomic E-state index is 12.6. The molecule has 2 aliphatic rings. The van der Waals surface area contributed by atoms with Gasteiger partial charge in [-0.1, -0.05) is 6.07 Å². The van der Waals surface area contributed by atoms with Crippen molar-refractivity contribution in [3.05, 3.63) is 47.9 Å². The largest absolute Gasteiger partial charge is 0.508 e. The number of nitrogens with zero attached hydrogens (tertiary/aromatic N) is 2. The molecule has 1 aromatic heterocycles. The molecule has 1 fully saturated rings. The van der Waals surface area contributed by atoms with E-state index in [0.29, 0.717) is 13.1 Å². The van der Waals surface area contributed by atoms with Crippen LogP contribution < -0.4 is 10.2 Å². The lowest BCUT2D eigenvalue weighted by molar-refractivity contribution is 0.188. The number of urea groups is 1. The number of carbonyl (C=O) groups is 1. The summed E-state index contributed by atoms with van der Waals surface area (Å²) in [5, 5.41) is 12.8. The van der Waals surface area contributed by atoms with Crippen molar-refractivity contribution in [3.8, 4) is 5.75 Å². The number of anilines is 1. The van der Waals surface area contributed by atoms with Crippen molar-refractivity contribution in [3.63, 3.8) is 0 Å². The van der Waals surface area contributed by atoms with Crippen LogP contribution in [0.5, 0.6) is 5.75 Å². The van der Waals surface area contributed by atoms with Gasteiger partial charge >= 0.3 is 6.03 Å². The van der Waals surface area contributed by atoms with Gasteiger partial charge in [-0.15, -0.1) is 0 Å². The van der Waals surface area contributed by atoms with Crippen molar-refractivity contribution in [1.82, 2.24) is 10.2 Å². The summed E-state index contributed by atoms with van der Waals surface area (Å²) in [4.78, 5) is 16.7. The lowest BCUT2D eigenvalue weighted by atomic mass is 9.93. The van der Waals surface area contributed by atoms with Crippen LogP contribution in [0.3, 0.4) is 0 Å². The minimum absolute atomic E-state index is 0.00499. The average Bonchev–Trinajstić information content (AvgIpc) is 3.12. The summed E-state index contributed by atoms with van der Waals surface area (Å²) in [6, 6.07) is 9.28. The number of carbonyl (C=O) groups excluding carboxylic acids is 1. The molecule has 2 amide bonds. The number of amides is 2. The van der Waals surface area contributed by atoms with E-state index in [1.165, 1.54) is 0 Å². The van der Waals surface area contributed by atoms with E-state index < -0.39 is 0 Å². The summed E-state index contributed by atoms with van der Waals surface area (Å²) < 4.78 is 5.49. The number of fused-ring (bicyclic) bond motifs is 1. The normalized spacial score (nSPS) is 20.2. The number of hydrogen-bond donors (Lipinski definition) is 2. The van der Waals surface area contributed by atoms with Crippen molar-refractivity contribution in [2.45, 2.75) is 25.3 Å². The zero-order valence-electron chi connectivity index (χ0n) is 14.1. The van der Waals surface area contributed by atoms with Crippen molar-refractivity contribution < 1.29 is 14.3 Å².